The molecule has 0 heterocycles. The van der Waals surface area contributed by atoms with Crippen molar-refractivity contribution in [1.82, 2.24) is 0 Å². The highest BCUT2D eigenvalue weighted by Gasteiger charge is 1.99. The van der Waals surface area contributed by atoms with Crippen molar-refractivity contribution in [2.45, 2.75) is 53.4 Å². The van der Waals surface area contributed by atoms with Crippen molar-refractivity contribution in [3.05, 3.63) is 212 Å². The average molecular weight is 615 g/mol. The van der Waals surface area contributed by atoms with Crippen LogP contribution >= 0.6 is 0 Å². The van der Waals surface area contributed by atoms with Gasteiger partial charge in [-0.3, -0.25) is 11.7 Å². The molecule has 2 heteroatoms. The predicted molar refractivity (Wildman–Crippen MR) is 210 cm³/mol. The van der Waals surface area contributed by atoms with E-state index in [0.717, 1.165) is 12.0 Å². The number of benzene rings is 3. The summed E-state index contributed by atoms with van der Waals surface area (Å²) in [6.45, 7) is 21.5. The van der Waals surface area contributed by atoms with Crippen molar-refractivity contribution in [2.75, 3.05) is 0 Å². The third-order valence-corrected chi connectivity index (χ3v) is 6.39. The quantitative estimate of drug-likeness (QED) is 0.128. The standard InChI is InChI=1S/C21H22.C10H14.C7H8.C6H10.H4N2/c1-3-5-6-7-8-9-10-11-13-17-20(16-4-2)21-18-14-12-15-19-21;1-3-9(2)10-7-5-4-6-8-10;1-7-5-3-2-4-6-7;1-4-6(3)5-2;1-2/h3-6,8-19H,1-2,7H2;4-9H,3H2,1-2H3;2-6H,1H3;4-5H,1H2,2-3H3;1-2H2/b6-5-,9-8-,11-10+,17-13-,20-16+;;;6-5-;. The molecule has 0 saturated carbocycles. The highest BCUT2D eigenvalue weighted by Crippen LogP contribution is 2.17. The number of rotatable bonds is 11. The van der Waals surface area contributed by atoms with Gasteiger partial charge in [-0.15, -0.1) is 0 Å². The van der Waals surface area contributed by atoms with E-state index in [1.807, 2.05) is 105 Å². The number of nitrogens with two attached hydrogens (primary N) is 2. The van der Waals surface area contributed by atoms with Crippen LogP contribution in [0.1, 0.15) is 63.1 Å². The van der Waals surface area contributed by atoms with E-state index in [0.29, 0.717) is 5.92 Å². The Morgan fingerprint density at radius 2 is 1.24 bits per heavy atom. The molecule has 0 radical (unpaired) electrons. The van der Waals surface area contributed by atoms with E-state index in [2.05, 4.69) is 125 Å². The molecule has 1 atom stereocenters. The first-order valence-electron chi connectivity index (χ1n) is 15.7. The molecule has 0 bridgehead atoms. The monoisotopic (exact) mass is 614 g/mol. The molecular formula is C44H58N2. The molecule has 0 spiro atoms. The van der Waals surface area contributed by atoms with E-state index in [1.165, 1.54) is 28.7 Å². The Hall–Kier alpha value is -4.76. The third kappa shape index (κ3) is 25.7. The molecule has 0 fully saturated rings. The second-order valence-electron chi connectivity index (χ2n) is 9.91. The third-order valence-electron chi connectivity index (χ3n) is 6.39. The first-order valence-corrected chi connectivity index (χ1v) is 15.7. The fourth-order valence-electron chi connectivity index (χ4n) is 3.37. The molecule has 0 aliphatic rings. The fraction of sp³-hybridized carbons (Fsp3) is 0.182. The van der Waals surface area contributed by atoms with E-state index in [-0.39, 0.29) is 0 Å². The van der Waals surface area contributed by atoms with Crippen LogP contribution in [0.2, 0.25) is 0 Å². The Bertz CT molecular complexity index is 1320. The molecule has 3 rings (SSSR count). The maximum Gasteiger partial charge on any atom is -0.0163 e. The lowest BCUT2D eigenvalue weighted by Crippen LogP contribution is -2.02. The number of allylic oxidation sites excluding steroid dienone is 15. The Morgan fingerprint density at radius 1 is 0.717 bits per heavy atom. The van der Waals surface area contributed by atoms with Crippen LogP contribution in [0, 0.1) is 6.92 Å². The molecule has 0 saturated heterocycles. The highest BCUT2D eigenvalue weighted by molar-refractivity contribution is 5.75. The van der Waals surface area contributed by atoms with E-state index in [4.69, 9.17) is 0 Å². The van der Waals surface area contributed by atoms with Crippen LogP contribution in [0.15, 0.2) is 195 Å². The lowest BCUT2D eigenvalue weighted by Gasteiger charge is -2.06. The van der Waals surface area contributed by atoms with Gasteiger partial charge in [0.1, 0.15) is 0 Å². The van der Waals surface area contributed by atoms with Crippen molar-refractivity contribution in [1.29, 1.82) is 0 Å². The molecule has 244 valence electrons. The minimum atomic E-state index is 0.709. The van der Waals surface area contributed by atoms with Crippen molar-refractivity contribution >= 4 is 5.57 Å². The Morgan fingerprint density at radius 3 is 1.67 bits per heavy atom. The van der Waals surface area contributed by atoms with Crippen LogP contribution in [0.25, 0.3) is 5.57 Å². The summed E-state index contributed by atoms with van der Waals surface area (Å²) in [7, 11) is 0. The van der Waals surface area contributed by atoms with Gasteiger partial charge in [0, 0.05) is 0 Å². The first kappa shape index (κ1) is 43.4. The molecule has 4 N–H and O–H groups in total. The van der Waals surface area contributed by atoms with Crippen molar-refractivity contribution < 1.29 is 0 Å². The zero-order valence-corrected chi connectivity index (χ0v) is 28.9. The van der Waals surface area contributed by atoms with E-state index in [1.54, 1.807) is 6.08 Å². The van der Waals surface area contributed by atoms with Crippen LogP contribution in [-0.4, -0.2) is 0 Å². The SMILES string of the molecule is C=C/C(C)=C\C.C=C/C=C\C\C=C/C=C/C=C\C(=C/C=C)c1ccccc1.CCC(C)c1ccccc1.Cc1ccccc1.NN. The molecule has 46 heavy (non-hydrogen) atoms. The van der Waals surface area contributed by atoms with E-state index >= 15 is 0 Å². The molecule has 0 aliphatic heterocycles. The average Bonchev–Trinajstić information content (AvgIpc) is 3.12. The minimum Gasteiger partial charge on any atom is -0.274 e. The summed E-state index contributed by atoms with van der Waals surface area (Å²) in [5.74, 6) is 8.71. The van der Waals surface area contributed by atoms with Crippen LogP contribution < -0.4 is 11.7 Å². The Balaban J connectivity index is 0. The zero-order valence-electron chi connectivity index (χ0n) is 28.9. The number of hydrogen-bond acceptors (Lipinski definition) is 2. The normalized spacial score (nSPS) is 11.6. The first-order chi connectivity index (χ1) is 22.4. The van der Waals surface area contributed by atoms with Crippen LogP contribution in [0.4, 0.5) is 0 Å². The summed E-state index contributed by atoms with van der Waals surface area (Å²) in [5, 5.41) is 0. The summed E-state index contributed by atoms with van der Waals surface area (Å²) < 4.78 is 0. The number of hydrazine groups is 1. The molecule has 0 amide bonds. The van der Waals surface area contributed by atoms with Gasteiger partial charge in [-0.1, -0.05) is 215 Å². The van der Waals surface area contributed by atoms with Crippen molar-refractivity contribution in [3.8, 4) is 0 Å². The molecule has 3 aromatic rings. The van der Waals surface area contributed by atoms with Gasteiger partial charge in [0.2, 0.25) is 0 Å². The number of aryl methyl sites for hydroxylation is 1. The largest absolute Gasteiger partial charge is 0.274 e. The van der Waals surface area contributed by atoms with Gasteiger partial charge in [-0.05, 0) is 56.2 Å². The molecule has 0 aromatic heterocycles. The summed E-state index contributed by atoms with van der Waals surface area (Å²) in [4.78, 5) is 0. The van der Waals surface area contributed by atoms with Crippen LogP contribution in [0.3, 0.4) is 0 Å². The second kappa shape index (κ2) is 33.1. The van der Waals surface area contributed by atoms with Crippen molar-refractivity contribution in [3.63, 3.8) is 0 Å². The maximum absolute atomic E-state index is 4.00. The molecular weight excluding hydrogens is 556 g/mol. The number of hydrogen-bond donors (Lipinski definition) is 2. The molecule has 0 aliphatic carbocycles. The molecule has 2 nitrogen and oxygen atoms in total. The van der Waals surface area contributed by atoms with Crippen LogP contribution in [-0.2, 0) is 0 Å². The summed E-state index contributed by atoms with van der Waals surface area (Å²) in [5.41, 5.74) is 6.34. The molecule has 3 aromatic carbocycles. The summed E-state index contributed by atoms with van der Waals surface area (Å²) in [6, 6.07) is 31.2. The lowest BCUT2D eigenvalue weighted by molar-refractivity contribution is 0.733. The Kier molecular flexibility index (Phi) is 31.2. The molecule has 1 unspecified atom stereocenters. The van der Waals surface area contributed by atoms with Gasteiger partial charge in [-0.2, -0.15) is 0 Å². The van der Waals surface area contributed by atoms with Gasteiger partial charge in [0.15, 0.2) is 0 Å². The van der Waals surface area contributed by atoms with Gasteiger partial charge >= 0.3 is 0 Å². The van der Waals surface area contributed by atoms with Crippen LogP contribution in [0.5, 0.6) is 0 Å². The van der Waals surface area contributed by atoms with E-state index in [9.17, 15) is 0 Å². The summed E-state index contributed by atoms with van der Waals surface area (Å²) in [6.07, 6.45) is 27.9. The minimum absolute atomic E-state index is 0.709. The smallest absolute Gasteiger partial charge is 0.0163 e. The summed E-state index contributed by atoms with van der Waals surface area (Å²) >= 11 is 0. The van der Waals surface area contributed by atoms with Gasteiger partial charge in [0.25, 0.3) is 0 Å². The predicted octanol–water partition coefficient (Wildman–Crippen LogP) is 12.2. The maximum atomic E-state index is 4.00. The topological polar surface area (TPSA) is 52.0 Å². The van der Waals surface area contributed by atoms with Gasteiger partial charge < -0.3 is 0 Å². The van der Waals surface area contributed by atoms with Gasteiger partial charge in [-0.25, -0.2) is 0 Å². The highest BCUT2D eigenvalue weighted by atomic mass is 15.0. The Labute approximate surface area is 282 Å². The van der Waals surface area contributed by atoms with Gasteiger partial charge in [0.05, 0.1) is 0 Å². The van der Waals surface area contributed by atoms with Crippen molar-refractivity contribution in [2.24, 2.45) is 11.7 Å². The van der Waals surface area contributed by atoms with E-state index < -0.39 is 0 Å². The second-order valence-corrected chi connectivity index (χ2v) is 9.91. The lowest BCUT2D eigenvalue weighted by atomic mass is 9.99. The zero-order chi connectivity index (χ0) is 34.7. The fourth-order valence-corrected chi connectivity index (χ4v) is 3.37.